The van der Waals surface area contributed by atoms with E-state index in [1.165, 1.54) is 30.3 Å². The molecule has 0 saturated carbocycles. The largest absolute Gasteiger partial charge is 0.508 e. The van der Waals surface area contributed by atoms with Crippen molar-refractivity contribution in [3.05, 3.63) is 35.9 Å². The Morgan fingerprint density at radius 3 is 1.75 bits per heavy atom. The Morgan fingerprint density at radius 1 is 0.692 bits per heavy atom. The average Bonchev–Trinajstić information content (AvgIpc) is 3.29. The highest BCUT2D eigenvalue weighted by molar-refractivity contribution is 5.87. The molecular formula is C33H40O19. The number of aliphatic hydroxyl groups excluding tert-OH is 1. The minimum Gasteiger partial charge on any atom is -0.508 e. The molecule has 3 rings (SSSR count). The summed E-state index contributed by atoms with van der Waals surface area (Å²) in [4.78, 5) is 85.5. The molecule has 2 aliphatic rings. The molecule has 52 heavy (non-hydrogen) atoms. The second-order valence-electron chi connectivity index (χ2n) is 11.5. The van der Waals surface area contributed by atoms with Gasteiger partial charge in [0.1, 0.15) is 43.9 Å². The summed E-state index contributed by atoms with van der Waals surface area (Å²) >= 11 is 0. The standard InChI is InChI=1S/C33H40O19/c1-16(34)43-13-24-27(42)31(50-26(41)12-9-22-7-10-23(40)11-8-22)33(51-24,15-45-18(3)36)52-32-30(48-21(6)39)29(47-20(5)38)28(46-19(4)37)25(49-32)14-44-17(2)35/h7-12,24-25,27-32,40,42H,13-15H2,1-6H3/b12-9+/t24-,25-,27-,28-,29+,30-,31+,32-,33+/m1/s1. The Kier molecular flexibility index (Phi) is 14.6. The van der Waals surface area contributed by atoms with Gasteiger partial charge in [-0.2, -0.15) is 0 Å². The third-order valence-electron chi connectivity index (χ3n) is 7.21. The fourth-order valence-electron chi connectivity index (χ4n) is 5.18. The number of aromatic hydroxyl groups is 1. The van der Waals surface area contributed by atoms with Crippen LogP contribution in [0.2, 0.25) is 0 Å². The molecular weight excluding hydrogens is 700 g/mol. The number of hydrogen-bond acceptors (Lipinski definition) is 19. The molecule has 1 aromatic carbocycles. The predicted molar refractivity (Wildman–Crippen MR) is 167 cm³/mol. The van der Waals surface area contributed by atoms with Crippen LogP contribution in [0.15, 0.2) is 30.3 Å². The van der Waals surface area contributed by atoms with Crippen molar-refractivity contribution in [3.8, 4) is 5.75 Å². The molecule has 19 nitrogen and oxygen atoms in total. The summed E-state index contributed by atoms with van der Waals surface area (Å²) in [6, 6.07) is 5.70. The summed E-state index contributed by atoms with van der Waals surface area (Å²) in [5.74, 6) is -8.95. The van der Waals surface area contributed by atoms with E-state index in [4.69, 9.17) is 47.4 Å². The Hall–Kier alpha value is -5.11. The lowest BCUT2D eigenvalue weighted by Crippen LogP contribution is -2.65. The van der Waals surface area contributed by atoms with Gasteiger partial charge in [-0.15, -0.1) is 0 Å². The number of carbonyl (C=O) groups excluding carboxylic acids is 7. The molecule has 9 atom stereocenters. The van der Waals surface area contributed by atoms with Gasteiger partial charge in [-0.05, 0) is 23.8 Å². The summed E-state index contributed by atoms with van der Waals surface area (Å²) in [6.45, 7) is 3.98. The summed E-state index contributed by atoms with van der Waals surface area (Å²) in [5.41, 5.74) is 0.464. The zero-order chi connectivity index (χ0) is 38.7. The van der Waals surface area contributed by atoms with Crippen LogP contribution in [0, 0.1) is 0 Å². The molecule has 2 aliphatic heterocycles. The van der Waals surface area contributed by atoms with Crippen molar-refractivity contribution < 1.29 is 91.1 Å². The topological polar surface area (TPSA) is 252 Å². The van der Waals surface area contributed by atoms with Gasteiger partial charge >= 0.3 is 41.8 Å². The van der Waals surface area contributed by atoms with Crippen molar-refractivity contribution in [1.29, 1.82) is 0 Å². The molecule has 2 saturated heterocycles. The molecule has 0 bridgehead atoms. The fraction of sp³-hybridized carbons (Fsp3) is 0.545. The van der Waals surface area contributed by atoms with Crippen LogP contribution in [-0.4, -0.2) is 127 Å². The van der Waals surface area contributed by atoms with Gasteiger partial charge in [0.15, 0.2) is 24.4 Å². The maximum absolute atomic E-state index is 13.2. The summed E-state index contributed by atoms with van der Waals surface area (Å²) in [7, 11) is 0. The predicted octanol–water partition coefficient (Wildman–Crippen LogP) is -0.000900. The number of phenols is 1. The number of benzene rings is 1. The first-order valence-corrected chi connectivity index (χ1v) is 15.7. The van der Waals surface area contributed by atoms with Gasteiger partial charge in [0.05, 0.1) is 0 Å². The molecule has 2 heterocycles. The van der Waals surface area contributed by atoms with E-state index < -0.39 is 116 Å². The van der Waals surface area contributed by atoms with Crippen LogP contribution in [0.1, 0.15) is 47.1 Å². The van der Waals surface area contributed by atoms with Crippen molar-refractivity contribution >= 4 is 47.9 Å². The lowest BCUT2D eigenvalue weighted by molar-refractivity contribution is -0.384. The van der Waals surface area contributed by atoms with Crippen molar-refractivity contribution in [3.63, 3.8) is 0 Å². The zero-order valence-electron chi connectivity index (χ0n) is 29.0. The SMILES string of the molecule is CC(=O)OC[C@H]1O[C@@](COC(C)=O)(O[C@H]2O[C@H](COC(C)=O)[C@@H](OC(C)=O)[C@H](OC(C)=O)[C@H]2OC(C)=O)[C@@H](OC(=O)/C=C/c2ccc(O)cc2)[C@@H]1O. The molecule has 1 aromatic rings. The summed E-state index contributed by atoms with van der Waals surface area (Å²) < 4.78 is 55.3. The van der Waals surface area contributed by atoms with Crippen LogP contribution in [0.3, 0.4) is 0 Å². The molecule has 0 unspecified atom stereocenters. The Bertz CT molecular complexity index is 1500. The van der Waals surface area contributed by atoms with E-state index in [9.17, 15) is 43.8 Å². The van der Waals surface area contributed by atoms with Crippen LogP contribution in [0.5, 0.6) is 5.75 Å². The van der Waals surface area contributed by atoms with Crippen molar-refractivity contribution in [2.45, 2.75) is 96.3 Å². The molecule has 286 valence electrons. The van der Waals surface area contributed by atoms with Crippen molar-refractivity contribution in [2.75, 3.05) is 19.8 Å². The van der Waals surface area contributed by atoms with E-state index in [2.05, 4.69) is 0 Å². The minimum absolute atomic E-state index is 0.0284. The Morgan fingerprint density at radius 2 is 1.21 bits per heavy atom. The lowest BCUT2D eigenvalue weighted by atomic mass is 9.97. The first-order valence-electron chi connectivity index (χ1n) is 15.7. The average molecular weight is 741 g/mol. The molecule has 0 aliphatic carbocycles. The molecule has 0 spiro atoms. The van der Waals surface area contributed by atoms with Gasteiger partial charge in [-0.1, -0.05) is 12.1 Å². The molecule has 2 N–H and O–H groups in total. The number of carbonyl (C=O) groups is 7. The molecule has 0 radical (unpaired) electrons. The molecule has 0 amide bonds. The van der Waals surface area contributed by atoms with E-state index in [1.807, 2.05) is 0 Å². The lowest BCUT2D eigenvalue weighted by Gasteiger charge is -2.46. The highest BCUT2D eigenvalue weighted by Gasteiger charge is 2.63. The highest BCUT2D eigenvalue weighted by atomic mass is 16.8. The molecule has 2 fully saturated rings. The fourth-order valence-corrected chi connectivity index (χ4v) is 5.18. The number of hydrogen-bond donors (Lipinski definition) is 2. The Balaban J connectivity index is 2.14. The molecule has 19 heteroatoms. The van der Waals surface area contributed by atoms with Gasteiger partial charge in [0, 0.05) is 47.6 Å². The van der Waals surface area contributed by atoms with Crippen LogP contribution >= 0.6 is 0 Å². The van der Waals surface area contributed by atoms with Gasteiger partial charge in [0.2, 0.25) is 12.1 Å². The van der Waals surface area contributed by atoms with Crippen LogP contribution in [-0.2, 0) is 80.9 Å². The van der Waals surface area contributed by atoms with E-state index >= 15 is 0 Å². The first kappa shape index (κ1) is 41.3. The minimum atomic E-state index is -2.55. The van der Waals surface area contributed by atoms with Crippen LogP contribution in [0.4, 0.5) is 0 Å². The van der Waals surface area contributed by atoms with Crippen molar-refractivity contribution in [1.82, 2.24) is 0 Å². The van der Waals surface area contributed by atoms with E-state index in [1.54, 1.807) is 0 Å². The van der Waals surface area contributed by atoms with Gasteiger partial charge in [-0.3, -0.25) is 28.8 Å². The quantitative estimate of drug-likeness (QED) is 0.145. The van der Waals surface area contributed by atoms with Gasteiger partial charge in [0.25, 0.3) is 0 Å². The van der Waals surface area contributed by atoms with Crippen molar-refractivity contribution in [2.24, 2.45) is 0 Å². The second kappa shape index (κ2) is 18.4. The monoisotopic (exact) mass is 740 g/mol. The van der Waals surface area contributed by atoms with E-state index in [0.717, 1.165) is 47.6 Å². The summed E-state index contributed by atoms with van der Waals surface area (Å²) in [6.07, 6.45) is -11.5. The normalized spacial score (nSPS) is 28.3. The smallest absolute Gasteiger partial charge is 0.331 e. The first-order chi connectivity index (χ1) is 24.4. The third kappa shape index (κ3) is 11.7. The number of ether oxygens (including phenoxy) is 10. The van der Waals surface area contributed by atoms with Gasteiger partial charge in [-0.25, -0.2) is 4.79 Å². The van der Waals surface area contributed by atoms with Crippen LogP contribution < -0.4 is 0 Å². The molecule has 0 aromatic heterocycles. The highest BCUT2D eigenvalue weighted by Crippen LogP contribution is 2.40. The zero-order valence-corrected chi connectivity index (χ0v) is 29.0. The van der Waals surface area contributed by atoms with E-state index in [-0.39, 0.29) is 5.75 Å². The summed E-state index contributed by atoms with van der Waals surface area (Å²) in [5, 5.41) is 20.9. The Labute approximate surface area is 296 Å². The number of aliphatic hydroxyl groups is 1. The number of esters is 7. The maximum atomic E-state index is 13.2. The van der Waals surface area contributed by atoms with E-state index in [0.29, 0.717) is 5.56 Å². The maximum Gasteiger partial charge on any atom is 0.331 e. The third-order valence-corrected chi connectivity index (χ3v) is 7.21. The van der Waals surface area contributed by atoms with Gasteiger partial charge < -0.3 is 57.6 Å². The van der Waals surface area contributed by atoms with Crippen LogP contribution in [0.25, 0.3) is 6.08 Å². The number of rotatable bonds is 14. The second-order valence-corrected chi connectivity index (χ2v) is 11.5. The number of phenolic OH excluding ortho intramolecular Hbond substituents is 1.